The molecule has 0 radical (unpaired) electrons. The minimum Gasteiger partial charge on any atom is -0.490 e. The van der Waals surface area contributed by atoms with Crippen molar-refractivity contribution in [3.05, 3.63) is 23.8 Å². The van der Waals surface area contributed by atoms with E-state index >= 15 is 0 Å². The van der Waals surface area contributed by atoms with Crippen LogP contribution in [-0.2, 0) is 4.79 Å². The topological polar surface area (TPSA) is 71.3 Å². The molecule has 1 amide bonds. The van der Waals surface area contributed by atoms with E-state index in [4.69, 9.17) is 14.7 Å². The van der Waals surface area contributed by atoms with Crippen LogP contribution in [0.1, 0.15) is 32.3 Å². The van der Waals surface area contributed by atoms with Gasteiger partial charge in [0, 0.05) is 12.1 Å². The lowest BCUT2D eigenvalue weighted by molar-refractivity contribution is -0.127. The minimum absolute atomic E-state index is 0.126. The van der Waals surface area contributed by atoms with E-state index in [0.717, 1.165) is 12.8 Å². The van der Waals surface area contributed by atoms with Gasteiger partial charge in [0.2, 0.25) is 0 Å². The Morgan fingerprint density at radius 2 is 2.25 bits per heavy atom. The average molecular weight is 274 g/mol. The van der Waals surface area contributed by atoms with Gasteiger partial charge >= 0.3 is 0 Å². The average Bonchev–Trinajstić information content (AvgIpc) is 3.24. The van der Waals surface area contributed by atoms with Gasteiger partial charge in [-0.05, 0) is 38.8 Å². The third-order valence-corrected chi connectivity index (χ3v) is 2.97. The predicted molar refractivity (Wildman–Crippen MR) is 73.6 cm³/mol. The lowest BCUT2D eigenvalue weighted by atomic mass is 10.2. The summed E-state index contributed by atoms with van der Waals surface area (Å²) in [6.45, 7) is 4.02. The van der Waals surface area contributed by atoms with Crippen molar-refractivity contribution in [3.8, 4) is 17.6 Å². The highest BCUT2D eigenvalue weighted by molar-refractivity contribution is 5.81. The summed E-state index contributed by atoms with van der Waals surface area (Å²) < 4.78 is 11.1. The van der Waals surface area contributed by atoms with Gasteiger partial charge in [-0.15, -0.1) is 0 Å². The van der Waals surface area contributed by atoms with Gasteiger partial charge in [-0.25, -0.2) is 0 Å². The lowest BCUT2D eigenvalue weighted by Gasteiger charge is -2.17. The summed E-state index contributed by atoms with van der Waals surface area (Å²) in [5.41, 5.74) is 0.496. The molecule has 1 aliphatic carbocycles. The number of carbonyl (C=O) groups excluding carboxylic acids is 1. The Labute approximate surface area is 118 Å². The van der Waals surface area contributed by atoms with Gasteiger partial charge in [-0.3, -0.25) is 4.79 Å². The smallest absolute Gasteiger partial charge is 0.260 e. The SMILES string of the molecule is CCOc1cc(C#N)ccc1O[C@H](C)C(=O)NC1CC1. The van der Waals surface area contributed by atoms with Crippen LogP contribution >= 0.6 is 0 Å². The van der Waals surface area contributed by atoms with Gasteiger partial charge in [-0.2, -0.15) is 5.26 Å². The highest BCUT2D eigenvalue weighted by Crippen LogP contribution is 2.29. The molecule has 0 unspecified atom stereocenters. The van der Waals surface area contributed by atoms with Crippen molar-refractivity contribution in [2.75, 3.05) is 6.61 Å². The Kier molecular flexibility index (Phi) is 4.46. The molecule has 0 heterocycles. The Morgan fingerprint density at radius 1 is 1.50 bits per heavy atom. The van der Waals surface area contributed by atoms with Crippen molar-refractivity contribution in [3.63, 3.8) is 0 Å². The van der Waals surface area contributed by atoms with Crippen LogP contribution in [0.4, 0.5) is 0 Å². The zero-order valence-electron chi connectivity index (χ0n) is 11.7. The Morgan fingerprint density at radius 3 is 2.85 bits per heavy atom. The Bertz CT molecular complexity index is 532. The van der Waals surface area contributed by atoms with Gasteiger partial charge in [-0.1, -0.05) is 0 Å². The fourth-order valence-electron chi connectivity index (χ4n) is 1.73. The zero-order valence-corrected chi connectivity index (χ0v) is 11.7. The number of nitriles is 1. The van der Waals surface area contributed by atoms with Gasteiger partial charge in [0.25, 0.3) is 5.91 Å². The Balaban J connectivity index is 2.06. The third kappa shape index (κ3) is 3.64. The van der Waals surface area contributed by atoms with E-state index in [-0.39, 0.29) is 5.91 Å². The quantitative estimate of drug-likeness (QED) is 0.861. The maximum absolute atomic E-state index is 11.9. The van der Waals surface area contributed by atoms with Crippen LogP contribution in [0, 0.1) is 11.3 Å². The monoisotopic (exact) mass is 274 g/mol. The first-order valence-corrected chi connectivity index (χ1v) is 6.78. The summed E-state index contributed by atoms with van der Waals surface area (Å²) in [7, 11) is 0. The van der Waals surface area contributed by atoms with Crippen molar-refractivity contribution in [1.29, 1.82) is 5.26 Å². The molecule has 2 rings (SSSR count). The number of hydrogen-bond acceptors (Lipinski definition) is 4. The number of ether oxygens (including phenoxy) is 2. The number of nitrogens with zero attached hydrogens (tertiary/aromatic N) is 1. The number of carbonyl (C=O) groups is 1. The van der Waals surface area contributed by atoms with E-state index in [1.165, 1.54) is 0 Å². The van der Waals surface area contributed by atoms with Crippen LogP contribution in [0.25, 0.3) is 0 Å². The van der Waals surface area contributed by atoms with E-state index in [1.54, 1.807) is 25.1 Å². The second-order valence-electron chi connectivity index (χ2n) is 4.75. The van der Waals surface area contributed by atoms with Gasteiger partial charge < -0.3 is 14.8 Å². The molecule has 0 aromatic heterocycles. The number of amides is 1. The van der Waals surface area contributed by atoms with Gasteiger partial charge in [0.15, 0.2) is 17.6 Å². The van der Waals surface area contributed by atoms with Crippen molar-refractivity contribution >= 4 is 5.91 Å². The van der Waals surface area contributed by atoms with Crippen molar-refractivity contribution < 1.29 is 14.3 Å². The van der Waals surface area contributed by atoms with Crippen LogP contribution in [0.15, 0.2) is 18.2 Å². The molecule has 1 aromatic rings. The van der Waals surface area contributed by atoms with Crippen LogP contribution in [-0.4, -0.2) is 24.7 Å². The van der Waals surface area contributed by atoms with Crippen molar-refractivity contribution in [2.45, 2.75) is 38.8 Å². The fourth-order valence-corrected chi connectivity index (χ4v) is 1.73. The molecule has 1 fully saturated rings. The number of benzene rings is 1. The van der Waals surface area contributed by atoms with E-state index in [1.807, 2.05) is 13.0 Å². The zero-order chi connectivity index (χ0) is 14.5. The van der Waals surface area contributed by atoms with Crippen LogP contribution < -0.4 is 14.8 Å². The summed E-state index contributed by atoms with van der Waals surface area (Å²) in [6.07, 6.45) is 1.49. The fraction of sp³-hybridized carbons (Fsp3) is 0.467. The van der Waals surface area contributed by atoms with Crippen molar-refractivity contribution in [1.82, 2.24) is 5.32 Å². The summed E-state index contributed by atoms with van der Waals surface area (Å²) in [5.74, 6) is 0.834. The minimum atomic E-state index is -0.595. The van der Waals surface area contributed by atoms with Crippen LogP contribution in [0.5, 0.6) is 11.5 Å². The molecular formula is C15H18N2O3. The summed E-state index contributed by atoms with van der Waals surface area (Å²) in [4.78, 5) is 11.9. The molecular weight excluding hydrogens is 256 g/mol. The molecule has 1 aliphatic rings. The first-order chi connectivity index (χ1) is 9.63. The van der Waals surface area contributed by atoms with Crippen LogP contribution in [0.2, 0.25) is 0 Å². The summed E-state index contributed by atoms with van der Waals surface area (Å²) >= 11 is 0. The number of nitrogens with one attached hydrogen (secondary N) is 1. The lowest BCUT2D eigenvalue weighted by Crippen LogP contribution is -2.37. The van der Waals surface area contributed by atoms with Crippen molar-refractivity contribution in [2.24, 2.45) is 0 Å². The largest absolute Gasteiger partial charge is 0.490 e. The van der Waals surface area contributed by atoms with E-state index in [0.29, 0.717) is 29.7 Å². The molecule has 0 aliphatic heterocycles. The molecule has 1 aromatic carbocycles. The second kappa shape index (κ2) is 6.29. The molecule has 5 heteroatoms. The highest BCUT2D eigenvalue weighted by atomic mass is 16.5. The third-order valence-electron chi connectivity index (χ3n) is 2.97. The summed E-state index contributed by atoms with van der Waals surface area (Å²) in [6, 6.07) is 7.27. The molecule has 1 saturated carbocycles. The number of rotatable bonds is 6. The second-order valence-corrected chi connectivity index (χ2v) is 4.75. The molecule has 0 bridgehead atoms. The maximum Gasteiger partial charge on any atom is 0.260 e. The van der Waals surface area contributed by atoms with E-state index in [9.17, 15) is 4.79 Å². The first kappa shape index (κ1) is 14.2. The molecule has 1 N–H and O–H groups in total. The molecule has 0 spiro atoms. The standard InChI is InChI=1S/C15H18N2O3/c1-3-19-14-8-11(9-16)4-7-13(14)20-10(2)15(18)17-12-5-6-12/h4,7-8,10,12H,3,5-6H2,1-2H3,(H,17,18)/t10-/m1/s1. The van der Waals surface area contributed by atoms with E-state index in [2.05, 4.69) is 5.32 Å². The van der Waals surface area contributed by atoms with Gasteiger partial charge in [0.1, 0.15) is 0 Å². The molecule has 0 saturated heterocycles. The Hall–Kier alpha value is -2.22. The molecule has 1 atom stereocenters. The molecule has 20 heavy (non-hydrogen) atoms. The highest BCUT2D eigenvalue weighted by Gasteiger charge is 2.26. The first-order valence-electron chi connectivity index (χ1n) is 6.78. The molecule has 106 valence electrons. The van der Waals surface area contributed by atoms with Gasteiger partial charge in [0.05, 0.1) is 18.2 Å². The predicted octanol–water partition coefficient (Wildman–Crippen LogP) is 2.00. The van der Waals surface area contributed by atoms with E-state index < -0.39 is 6.10 Å². The normalized spacial score (nSPS) is 15.1. The van der Waals surface area contributed by atoms with Crippen LogP contribution in [0.3, 0.4) is 0 Å². The molecule has 5 nitrogen and oxygen atoms in total. The maximum atomic E-state index is 11.9. The number of hydrogen-bond donors (Lipinski definition) is 1. The summed E-state index contributed by atoms with van der Waals surface area (Å²) in [5, 5.41) is 11.8.